The summed E-state index contributed by atoms with van der Waals surface area (Å²) in [6, 6.07) is 5.26. The Kier molecular flexibility index (Phi) is 5.16. The summed E-state index contributed by atoms with van der Waals surface area (Å²) in [4.78, 5) is 12.1. The Morgan fingerprint density at radius 3 is 2.57 bits per heavy atom. The fraction of sp³-hybridized carbons (Fsp3) is 0.500. The summed E-state index contributed by atoms with van der Waals surface area (Å²) in [5, 5.41) is 2.81. The van der Waals surface area contributed by atoms with E-state index in [2.05, 4.69) is 5.32 Å². The highest BCUT2D eigenvalue weighted by atomic mass is 32.2. The Hall–Kier alpha value is -1.21. The molecule has 0 aliphatic carbocycles. The maximum absolute atomic E-state index is 12.2. The van der Waals surface area contributed by atoms with Gasteiger partial charge in [-0.25, -0.2) is 0 Å². The lowest BCUT2D eigenvalue weighted by atomic mass is 10.1. The fourth-order valence-electron chi connectivity index (χ4n) is 2.19. The van der Waals surface area contributed by atoms with Crippen LogP contribution in [-0.2, 0) is 4.74 Å². The maximum Gasteiger partial charge on any atom is 0.446 e. The predicted octanol–water partition coefficient (Wildman–Crippen LogP) is 3.60. The lowest BCUT2D eigenvalue weighted by molar-refractivity contribution is -0.0328. The molecule has 0 aromatic heterocycles. The lowest BCUT2D eigenvalue weighted by Gasteiger charge is -2.20. The molecule has 2 atom stereocenters. The van der Waals surface area contributed by atoms with Gasteiger partial charge in [0, 0.05) is 17.1 Å². The number of ether oxygens (including phenoxy) is 1. The van der Waals surface area contributed by atoms with Crippen LogP contribution < -0.4 is 5.32 Å². The summed E-state index contributed by atoms with van der Waals surface area (Å²) in [5.41, 5.74) is -3.98. The third-order valence-corrected chi connectivity index (χ3v) is 3.97. The molecule has 1 saturated heterocycles. The predicted molar refractivity (Wildman–Crippen MR) is 74.3 cm³/mol. The van der Waals surface area contributed by atoms with Gasteiger partial charge in [-0.2, -0.15) is 13.2 Å². The molecule has 1 amide bonds. The van der Waals surface area contributed by atoms with Gasteiger partial charge < -0.3 is 10.1 Å². The molecule has 1 aromatic carbocycles. The summed E-state index contributed by atoms with van der Waals surface area (Å²) in [7, 11) is 0. The molecule has 1 aliphatic rings. The third-order valence-electron chi connectivity index (χ3n) is 3.23. The van der Waals surface area contributed by atoms with Gasteiger partial charge in [0.05, 0.1) is 12.1 Å². The largest absolute Gasteiger partial charge is 0.446 e. The van der Waals surface area contributed by atoms with Crippen LogP contribution in [0.1, 0.15) is 30.1 Å². The zero-order chi connectivity index (χ0) is 15.5. The number of thioether (sulfide) groups is 1. The molecule has 0 bridgehead atoms. The molecule has 7 heteroatoms. The minimum absolute atomic E-state index is 0.00834. The molecule has 0 radical (unpaired) electrons. The van der Waals surface area contributed by atoms with Crippen molar-refractivity contribution in [2.24, 2.45) is 0 Å². The highest BCUT2D eigenvalue weighted by molar-refractivity contribution is 8.00. The van der Waals surface area contributed by atoms with Crippen molar-refractivity contribution in [3.63, 3.8) is 0 Å². The van der Waals surface area contributed by atoms with E-state index in [-0.39, 0.29) is 34.7 Å². The zero-order valence-corrected chi connectivity index (χ0v) is 12.3. The lowest BCUT2D eigenvalue weighted by Crippen LogP contribution is -2.40. The van der Waals surface area contributed by atoms with E-state index < -0.39 is 5.51 Å². The average molecular weight is 319 g/mol. The fourth-order valence-corrected chi connectivity index (χ4v) is 2.73. The van der Waals surface area contributed by atoms with Crippen LogP contribution in [0.5, 0.6) is 0 Å². The molecule has 3 nitrogen and oxygen atoms in total. The van der Waals surface area contributed by atoms with Crippen LogP contribution in [0.15, 0.2) is 29.2 Å². The van der Waals surface area contributed by atoms with Gasteiger partial charge in [0.25, 0.3) is 5.91 Å². The summed E-state index contributed by atoms with van der Waals surface area (Å²) < 4.78 is 42.1. The Morgan fingerprint density at radius 1 is 1.38 bits per heavy atom. The van der Waals surface area contributed by atoms with Gasteiger partial charge in [-0.3, -0.25) is 4.79 Å². The average Bonchev–Trinajstić information content (AvgIpc) is 2.91. The van der Waals surface area contributed by atoms with E-state index in [4.69, 9.17) is 4.74 Å². The second-order valence-electron chi connectivity index (χ2n) is 4.89. The van der Waals surface area contributed by atoms with E-state index in [0.29, 0.717) is 12.2 Å². The molecule has 0 saturated carbocycles. The smallest absolute Gasteiger partial charge is 0.376 e. The third kappa shape index (κ3) is 4.93. The first kappa shape index (κ1) is 16.2. The number of benzene rings is 1. The summed E-state index contributed by atoms with van der Waals surface area (Å²) in [6.45, 7) is 2.57. The van der Waals surface area contributed by atoms with E-state index >= 15 is 0 Å². The van der Waals surface area contributed by atoms with Crippen LogP contribution in [0, 0.1) is 0 Å². The number of amides is 1. The molecule has 1 heterocycles. The monoisotopic (exact) mass is 319 g/mol. The van der Waals surface area contributed by atoms with Crippen molar-refractivity contribution in [2.45, 2.75) is 42.3 Å². The Labute approximate surface area is 125 Å². The molecule has 1 fully saturated rings. The van der Waals surface area contributed by atoms with E-state index in [1.165, 1.54) is 24.3 Å². The van der Waals surface area contributed by atoms with Crippen molar-refractivity contribution in [3.05, 3.63) is 29.8 Å². The number of hydrogen-bond acceptors (Lipinski definition) is 3. The molecule has 0 spiro atoms. The Morgan fingerprint density at radius 2 is 2.05 bits per heavy atom. The first-order valence-electron chi connectivity index (χ1n) is 6.63. The van der Waals surface area contributed by atoms with E-state index in [1.807, 2.05) is 6.92 Å². The van der Waals surface area contributed by atoms with Crippen molar-refractivity contribution in [1.29, 1.82) is 0 Å². The van der Waals surface area contributed by atoms with Gasteiger partial charge >= 0.3 is 5.51 Å². The number of carbonyl (C=O) groups excluding carboxylic acids is 1. The highest BCUT2D eigenvalue weighted by Crippen LogP contribution is 2.36. The number of halogens is 3. The normalized spacial score (nSPS) is 20.3. The van der Waals surface area contributed by atoms with Crippen LogP contribution in [0.4, 0.5) is 13.2 Å². The van der Waals surface area contributed by atoms with Crippen LogP contribution >= 0.6 is 11.8 Å². The first-order chi connectivity index (χ1) is 9.85. The second kappa shape index (κ2) is 6.70. The van der Waals surface area contributed by atoms with Gasteiger partial charge in [-0.1, -0.05) is 0 Å². The van der Waals surface area contributed by atoms with Gasteiger partial charge in [0.15, 0.2) is 0 Å². The number of carbonyl (C=O) groups is 1. The summed E-state index contributed by atoms with van der Waals surface area (Å²) in [6.07, 6.45) is 1.89. The van der Waals surface area contributed by atoms with Crippen LogP contribution in [0.25, 0.3) is 0 Å². The Balaban J connectivity index is 1.93. The number of hydrogen-bond donors (Lipinski definition) is 1. The molecule has 1 aromatic rings. The number of nitrogens with one attached hydrogen (secondary N) is 1. The molecule has 2 rings (SSSR count). The van der Waals surface area contributed by atoms with Crippen LogP contribution in [0.2, 0.25) is 0 Å². The van der Waals surface area contributed by atoms with Crippen molar-refractivity contribution < 1.29 is 22.7 Å². The molecular weight excluding hydrogens is 303 g/mol. The molecule has 1 aliphatic heterocycles. The van der Waals surface area contributed by atoms with E-state index in [0.717, 1.165) is 12.8 Å². The van der Waals surface area contributed by atoms with Gasteiger partial charge in [0.2, 0.25) is 0 Å². The van der Waals surface area contributed by atoms with Crippen LogP contribution in [0.3, 0.4) is 0 Å². The van der Waals surface area contributed by atoms with Gasteiger partial charge in [-0.15, -0.1) is 0 Å². The van der Waals surface area contributed by atoms with Gasteiger partial charge in [-0.05, 0) is 55.8 Å². The van der Waals surface area contributed by atoms with Crippen molar-refractivity contribution in [1.82, 2.24) is 5.32 Å². The SMILES string of the molecule is CC(NC(=O)c1ccc(SC(F)(F)F)cc1)C1CCCO1. The van der Waals surface area contributed by atoms with Crippen molar-refractivity contribution in [3.8, 4) is 0 Å². The molecule has 1 N–H and O–H groups in total. The molecule has 116 valence electrons. The molecule has 2 unspecified atom stereocenters. The van der Waals surface area contributed by atoms with Crippen molar-refractivity contribution in [2.75, 3.05) is 6.61 Å². The standard InChI is InChI=1S/C14H16F3NO2S/c1-9(12-3-2-8-20-12)18-13(19)10-4-6-11(7-5-10)21-14(15,16)17/h4-7,9,12H,2-3,8H2,1H3,(H,18,19). The molecular formula is C14H16F3NO2S. The number of alkyl halides is 3. The van der Waals surface area contributed by atoms with Crippen molar-refractivity contribution >= 4 is 17.7 Å². The zero-order valence-electron chi connectivity index (χ0n) is 11.4. The Bertz CT molecular complexity index is 484. The topological polar surface area (TPSA) is 38.3 Å². The van der Waals surface area contributed by atoms with E-state index in [1.54, 1.807) is 0 Å². The van der Waals surface area contributed by atoms with Crippen LogP contribution in [-0.4, -0.2) is 30.2 Å². The first-order valence-corrected chi connectivity index (χ1v) is 7.45. The minimum Gasteiger partial charge on any atom is -0.376 e. The van der Waals surface area contributed by atoms with E-state index in [9.17, 15) is 18.0 Å². The summed E-state index contributed by atoms with van der Waals surface area (Å²) in [5.74, 6) is -0.304. The quantitative estimate of drug-likeness (QED) is 0.862. The number of rotatable bonds is 4. The second-order valence-corrected chi connectivity index (χ2v) is 6.02. The highest BCUT2D eigenvalue weighted by Gasteiger charge is 2.29. The molecule has 21 heavy (non-hydrogen) atoms. The maximum atomic E-state index is 12.2. The minimum atomic E-state index is -4.32. The van der Waals surface area contributed by atoms with Gasteiger partial charge in [0.1, 0.15) is 0 Å². The summed E-state index contributed by atoms with van der Waals surface area (Å²) >= 11 is -0.196.